The molecule has 1 unspecified atom stereocenters. The number of ether oxygens (including phenoxy) is 2. The highest BCUT2D eigenvalue weighted by Gasteiger charge is 2.15. The average molecular weight is 252 g/mol. The zero-order valence-electron chi connectivity index (χ0n) is 11.5. The minimum Gasteiger partial charge on any atom is -0.491 e. The quantitative estimate of drug-likeness (QED) is 0.423. The molecule has 0 aliphatic rings. The molecule has 18 heavy (non-hydrogen) atoms. The summed E-state index contributed by atoms with van der Waals surface area (Å²) >= 11 is 0. The van der Waals surface area contributed by atoms with E-state index in [-0.39, 0.29) is 6.04 Å². The monoisotopic (exact) mass is 252 g/mol. The molecule has 4 nitrogen and oxygen atoms in total. The Hall–Kier alpha value is -1.10. The van der Waals surface area contributed by atoms with E-state index >= 15 is 0 Å². The van der Waals surface area contributed by atoms with Crippen LogP contribution in [0.3, 0.4) is 0 Å². The van der Waals surface area contributed by atoms with E-state index in [2.05, 4.69) is 25.3 Å². The highest BCUT2D eigenvalue weighted by molar-refractivity contribution is 5.35. The van der Waals surface area contributed by atoms with E-state index in [1.807, 2.05) is 18.2 Å². The number of benzene rings is 1. The molecule has 0 aliphatic heterocycles. The van der Waals surface area contributed by atoms with Gasteiger partial charge in [-0.2, -0.15) is 0 Å². The van der Waals surface area contributed by atoms with Gasteiger partial charge in [0.2, 0.25) is 0 Å². The van der Waals surface area contributed by atoms with Crippen LogP contribution in [0.1, 0.15) is 31.9 Å². The number of para-hydroxylation sites is 1. The van der Waals surface area contributed by atoms with Crippen LogP contribution in [-0.2, 0) is 4.74 Å². The summed E-state index contributed by atoms with van der Waals surface area (Å²) < 4.78 is 10.7. The SMILES string of the molecule is COCCOc1ccccc1C(CC(C)C)NN. The normalized spacial score (nSPS) is 12.7. The number of methoxy groups -OCH3 is 1. The molecule has 3 N–H and O–H groups in total. The molecule has 102 valence electrons. The number of hydrazine groups is 1. The van der Waals surface area contributed by atoms with Gasteiger partial charge in [0.1, 0.15) is 12.4 Å². The van der Waals surface area contributed by atoms with Crippen LogP contribution in [0.4, 0.5) is 0 Å². The Bertz CT molecular complexity index is 342. The predicted octanol–water partition coefficient (Wildman–Crippen LogP) is 2.26. The fourth-order valence-electron chi connectivity index (χ4n) is 1.89. The molecule has 1 aromatic rings. The number of rotatable bonds is 8. The number of nitrogens with one attached hydrogen (secondary N) is 1. The molecule has 0 spiro atoms. The maximum atomic E-state index is 5.72. The Kier molecular flexibility index (Phi) is 6.72. The molecule has 0 fully saturated rings. The predicted molar refractivity (Wildman–Crippen MR) is 73.3 cm³/mol. The van der Waals surface area contributed by atoms with Gasteiger partial charge in [0.25, 0.3) is 0 Å². The van der Waals surface area contributed by atoms with Gasteiger partial charge in [0, 0.05) is 18.7 Å². The fraction of sp³-hybridized carbons (Fsp3) is 0.571. The maximum Gasteiger partial charge on any atom is 0.124 e. The minimum absolute atomic E-state index is 0.115. The lowest BCUT2D eigenvalue weighted by molar-refractivity contribution is 0.145. The molecular formula is C14H24N2O2. The Labute approximate surface area is 109 Å². The van der Waals surface area contributed by atoms with Crippen molar-refractivity contribution in [1.82, 2.24) is 5.43 Å². The van der Waals surface area contributed by atoms with Crippen LogP contribution < -0.4 is 16.0 Å². The van der Waals surface area contributed by atoms with Crippen LogP contribution in [-0.4, -0.2) is 20.3 Å². The minimum atomic E-state index is 0.115. The Balaban J connectivity index is 2.78. The summed E-state index contributed by atoms with van der Waals surface area (Å²) in [5, 5.41) is 0. The lowest BCUT2D eigenvalue weighted by Gasteiger charge is -2.21. The lowest BCUT2D eigenvalue weighted by Crippen LogP contribution is -2.29. The fourth-order valence-corrected chi connectivity index (χ4v) is 1.89. The second-order valence-corrected chi connectivity index (χ2v) is 4.73. The van der Waals surface area contributed by atoms with Crippen LogP contribution >= 0.6 is 0 Å². The molecular weight excluding hydrogens is 228 g/mol. The van der Waals surface area contributed by atoms with E-state index in [0.29, 0.717) is 19.1 Å². The summed E-state index contributed by atoms with van der Waals surface area (Å²) in [6.45, 7) is 5.49. The van der Waals surface area contributed by atoms with E-state index in [9.17, 15) is 0 Å². The molecule has 0 aromatic heterocycles. The van der Waals surface area contributed by atoms with Crippen molar-refractivity contribution in [3.63, 3.8) is 0 Å². The molecule has 0 bridgehead atoms. The van der Waals surface area contributed by atoms with Crippen LogP contribution in [0.5, 0.6) is 5.75 Å². The molecule has 0 aliphatic carbocycles. The molecule has 4 heteroatoms. The number of hydrogen-bond acceptors (Lipinski definition) is 4. The third-order valence-corrected chi connectivity index (χ3v) is 2.75. The van der Waals surface area contributed by atoms with Gasteiger partial charge in [-0.1, -0.05) is 32.0 Å². The Morgan fingerprint density at radius 3 is 2.56 bits per heavy atom. The second kappa shape index (κ2) is 8.08. The summed E-state index contributed by atoms with van der Waals surface area (Å²) in [5.41, 5.74) is 3.97. The zero-order chi connectivity index (χ0) is 13.4. The molecule has 1 rings (SSSR count). The van der Waals surface area contributed by atoms with Crippen LogP contribution in [0.15, 0.2) is 24.3 Å². The van der Waals surface area contributed by atoms with Crippen molar-refractivity contribution in [3.05, 3.63) is 29.8 Å². The molecule has 0 heterocycles. The molecule has 1 atom stereocenters. The van der Waals surface area contributed by atoms with E-state index < -0.39 is 0 Å². The van der Waals surface area contributed by atoms with Gasteiger partial charge in [-0.25, -0.2) is 0 Å². The van der Waals surface area contributed by atoms with Gasteiger partial charge in [-0.3, -0.25) is 11.3 Å². The zero-order valence-corrected chi connectivity index (χ0v) is 11.5. The van der Waals surface area contributed by atoms with Gasteiger partial charge >= 0.3 is 0 Å². The third-order valence-electron chi connectivity index (χ3n) is 2.75. The standard InChI is InChI=1S/C14H24N2O2/c1-11(2)10-13(16-15)12-6-4-5-7-14(12)18-9-8-17-3/h4-7,11,13,16H,8-10,15H2,1-3H3. The van der Waals surface area contributed by atoms with Crippen molar-refractivity contribution in [3.8, 4) is 5.75 Å². The van der Waals surface area contributed by atoms with E-state index in [1.54, 1.807) is 7.11 Å². The summed E-state index contributed by atoms with van der Waals surface area (Å²) in [6.07, 6.45) is 0.973. The van der Waals surface area contributed by atoms with E-state index in [0.717, 1.165) is 17.7 Å². The maximum absolute atomic E-state index is 5.72. The van der Waals surface area contributed by atoms with Crippen molar-refractivity contribution in [1.29, 1.82) is 0 Å². The first kappa shape index (κ1) is 15.0. The van der Waals surface area contributed by atoms with E-state index in [1.165, 1.54) is 0 Å². The topological polar surface area (TPSA) is 56.5 Å². The van der Waals surface area contributed by atoms with Gasteiger partial charge < -0.3 is 9.47 Å². The van der Waals surface area contributed by atoms with Crippen molar-refractivity contribution >= 4 is 0 Å². The van der Waals surface area contributed by atoms with Gasteiger partial charge in [-0.15, -0.1) is 0 Å². The smallest absolute Gasteiger partial charge is 0.124 e. The molecule has 1 aromatic carbocycles. The lowest BCUT2D eigenvalue weighted by atomic mass is 9.97. The largest absolute Gasteiger partial charge is 0.491 e. The van der Waals surface area contributed by atoms with Crippen LogP contribution in [0, 0.1) is 5.92 Å². The molecule has 0 saturated heterocycles. The first-order chi connectivity index (χ1) is 8.69. The van der Waals surface area contributed by atoms with Gasteiger partial charge in [0.15, 0.2) is 0 Å². The molecule has 0 radical (unpaired) electrons. The first-order valence-electron chi connectivity index (χ1n) is 6.35. The summed E-state index contributed by atoms with van der Waals surface area (Å²) in [5.74, 6) is 7.09. The number of nitrogens with two attached hydrogens (primary N) is 1. The highest BCUT2D eigenvalue weighted by Crippen LogP contribution is 2.28. The number of hydrogen-bond donors (Lipinski definition) is 2. The second-order valence-electron chi connectivity index (χ2n) is 4.73. The van der Waals surface area contributed by atoms with Crippen molar-refractivity contribution in [2.45, 2.75) is 26.3 Å². The van der Waals surface area contributed by atoms with Crippen LogP contribution in [0.2, 0.25) is 0 Å². The summed E-state index contributed by atoms with van der Waals surface area (Å²) in [4.78, 5) is 0. The Morgan fingerprint density at radius 2 is 1.94 bits per heavy atom. The first-order valence-corrected chi connectivity index (χ1v) is 6.35. The van der Waals surface area contributed by atoms with Crippen molar-refractivity contribution < 1.29 is 9.47 Å². The van der Waals surface area contributed by atoms with Gasteiger partial charge in [0.05, 0.1) is 6.61 Å². The third kappa shape index (κ3) is 4.64. The average Bonchev–Trinajstić information content (AvgIpc) is 2.37. The van der Waals surface area contributed by atoms with Crippen molar-refractivity contribution in [2.24, 2.45) is 11.8 Å². The summed E-state index contributed by atoms with van der Waals surface area (Å²) in [7, 11) is 1.66. The molecule has 0 amide bonds. The van der Waals surface area contributed by atoms with E-state index in [4.69, 9.17) is 15.3 Å². The molecule has 0 saturated carbocycles. The highest BCUT2D eigenvalue weighted by atomic mass is 16.5. The Morgan fingerprint density at radius 1 is 1.22 bits per heavy atom. The summed E-state index contributed by atoms with van der Waals surface area (Å²) in [6, 6.07) is 8.10. The van der Waals surface area contributed by atoms with Gasteiger partial charge in [-0.05, 0) is 18.4 Å². The van der Waals surface area contributed by atoms with Crippen LogP contribution in [0.25, 0.3) is 0 Å². The van der Waals surface area contributed by atoms with Crippen molar-refractivity contribution in [2.75, 3.05) is 20.3 Å².